The van der Waals surface area contributed by atoms with Gasteiger partial charge in [0.15, 0.2) is 5.82 Å². The summed E-state index contributed by atoms with van der Waals surface area (Å²) in [5, 5.41) is 12.1. The monoisotopic (exact) mass is 508 g/mol. The predicted octanol–water partition coefficient (Wildman–Crippen LogP) is 5.63. The molecule has 0 spiro atoms. The maximum absolute atomic E-state index is 5.03. The van der Waals surface area contributed by atoms with Crippen LogP contribution < -0.4 is 10.2 Å². The number of imidazole rings is 1. The predicted molar refractivity (Wildman–Crippen MR) is 158 cm³/mol. The van der Waals surface area contributed by atoms with Gasteiger partial charge in [-0.1, -0.05) is 38.6 Å². The molecule has 3 aromatic heterocycles. The van der Waals surface area contributed by atoms with Gasteiger partial charge in [0.2, 0.25) is 0 Å². The molecule has 0 saturated carbocycles. The van der Waals surface area contributed by atoms with Crippen molar-refractivity contribution in [3.8, 4) is 11.5 Å². The number of anilines is 1. The van der Waals surface area contributed by atoms with E-state index in [9.17, 15) is 0 Å². The average molecular weight is 509 g/mol. The fourth-order valence-electron chi connectivity index (χ4n) is 4.87. The average Bonchev–Trinajstić information content (AvgIpc) is 3.55. The maximum Gasteiger partial charge on any atom is 0.159 e. The molecule has 196 valence electrons. The van der Waals surface area contributed by atoms with Crippen LogP contribution >= 0.6 is 0 Å². The highest BCUT2D eigenvalue weighted by Crippen LogP contribution is 2.32. The highest BCUT2D eigenvalue weighted by atomic mass is 15.3. The number of para-hydroxylation sites is 1. The molecule has 1 saturated heterocycles. The third-order valence-corrected chi connectivity index (χ3v) is 7.02. The molecule has 1 aliphatic rings. The molecule has 4 aromatic rings. The fraction of sp³-hybridized carbons (Fsp3) is 0.300. The van der Waals surface area contributed by atoms with Crippen molar-refractivity contribution in [3.63, 3.8) is 0 Å². The fourth-order valence-corrected chi connectivity index (χ4v) is 4.87. The highest BCUT2D eigenvalue weighted by molar-refractivity contribution is 5.96. The second-order valence-electron chi connectivity index (χ2n) is 9.76. The largest absolute Gasteiger partial charge is 0.367 e. The van der Waals surface area contributed by atoms with Gasteiger partial charge >= 0.3 is 0 Å². The van der Waals surface area contributed by atoms with Crippen LogP contribution in [0.3, 0.4) is 0 Å². The van der Waals surface area contributed by atoms with E-state index in [0.717, 1.165) is 101 Å². The molecule has 5 rings (SSSR count). The first kappa shape index (κ1) is 25.5. The summed E-state index contributed by atoms with van der Waals surface area (Å²) in [6.45, 7) is 16.3. The number of fused-ring (bicyclic) bond motifs is 2. The first-order chi connectivity index (χ1) is 18.5. The van der Waals surface area contributed by atoms with Crippen LogP contribution in [0.4, 0.5) is 5.69 Å². The minimum Gasteiger partial charge on any atom is -0.367 e. The molecule has 8 nitrogen and oxygen atoms in total. The smallest absolute Gasteiger partial charge is 0.159 e. The Balaban J connectivity index is 1.50. The molecule has 0 aliphatic carbocycles. The van der Waals surface area contributed by atoms with Crippen molar-refractivity contribution in [2.24, 2.45) is 0 Å². The molecule has 1 aliphatic heterocycles. The summed E-state index contributed by atoms with van der Waals surface area (Å²) in [6, 6.07) is 8.39. The number of H-pyrrole nitrogens is 2. The molecule has 8 heteroatoms. The first-order valence-electron chi connectivity index (χ1n) is 13.2. The number of allylic oxidation sites excluding steroid dienone is 5. The van der Waals surface area contributed by atoms with E-state index in [-0.39, 0.29) is 0 Å². The van der Waals surface area contributed by atoms with Gasteiger partial charge in [-0.05, 0) is 56.3 Å². The van der Waals surface area contributed by atoms with Gasteiger partial charge in [-0.15, -0.1) is 0 Å². The Morgan fingerprint density at radius 1 is 1.18 bits per heavy atom. The minimum atomic E-state index is 0.742. The Labute approximate surface area is 223 Å². The zero-order valence-corrected chi connectivity index (χ0v) is 22.5. The number of rotatable bonds is 9. The van der Waals surface area contributed by atoms with Crippen molar-refractivity contribution in [3.05, 3.63) is 78.9 Å². The maximum atomic E-state index is 5.03. The molecule has 1 fully saturated rings. The molecule has 0 radical (unpaired) electrons. The molecular weight excluding hydrogens is 472 g/mol. The van der Waals surface area contributed by atoms with E-state index in [2.05, 4.69) is 81.7 Å². The number of piperazine rings is 1. The van der Waals surface area contributed by atoms with Gasteiger partial charge in [0.1, 0.15) is 11.2 Å². The van der Waals surface area contributed by atoms with Gasteiger partial charge in [0.05, 0.1) is 28.6 Å². The van der Waals surface area contributed by atoms with Gasteiger partial charge in [0, 0.05) is 43.0 Å². The van der Waals surface area contributed by atoms with Crippen LogP contribution in [0, 0.1) is 0 Å². The van der Waals surface area contributed by atoms with Crippen molar-refractivity contribution in [2.75, 3.05) is 38.1 Å². The van der Waals surface area contributed by atoms with Crippen LogP contribution in [0.1, 0.15) is 32.4 Å². The summed E-state index contributed by atoms with van der Waals surface area (Å²) >= 11 is 0. The lowest BCUT2D eigenvalue weighted by atomic mass is 10.1. The number of pyridine rings is 1. The van der Waals surface area contributed by atoms with E-state index in [1.807, 2.05) is 25.3 Å². The highest BCUT2D eigenvalue weighted by Gasteiger charge is 2.20. The van der Waals surface area contributed by atoms with Gasteiger partial charge in [-0.25, -0.2) is 4.98 Å². The zero-order chi connectivity index (χ0) is 26.6. The van der Waals surface area contributed by atoms with Gasteiger partial charge < -0.3 is 20.1 Å². The van der Waals surface area contributed by atoms with Crippen LogP contribution in [0.15, 0.2) is 73.2 Å². The SMILES string of the molecule is C=C/C(=C\C(=C/C)c1cc2c(-c3nc4c(N5CCN(C)CC5)cccc4[nH]3)n[nH]c2cn1)NC(=C)CCC. The van der Waals surface area contributed by atoms with E-state index in [0.29, 0.717) is 0 Å². The topological polar surface area (TPSA) is 88.8 Å². The van der Waals surface area contributed by atoms with E-state index in [1.165, 1.54) is 0 Å². The molecule has 38 heavy (non-hydrogen) atoms. The number of nitrogens with one attached hydrogen (secondary N) is 3. The molecule has 3 N–H and O–H groups in total. The van der Waals surface area contributed by atoms with Crippen molar-refractivity contribution in [1.82, 2.24) is 35.4 Å². The van der Waals surface area contributed by atoms with E-state index in [1.54, 1.807) is 6.08 Å². The number of benzene rings is 1. The molecule has 4 heterocycles. The van der Waals surface area contributed by atoms with Gasteiger partial charge in [0.25, 0.3) is 0 Å². The molecule has 0 amide bonds. The Kier molecular flexibility index (Phi) is 7.42. The summed E-state index contributed by atoms with van der Waals surface area (Å²) in [6.07, 6.45) is 9.67. The van der Waals surface area contributed by atoms with E-state index >= 15 is 0 Å². The Hall–Kier alpha value is -4.17. The number of hydrogen-bond donors (Lipinski definition) is 3. The third kappa shape index (κ3) is 5.13. The summed E-state index contributed by atoms with van der Waals surface area (Å²) in [7, 11) is 2.17. The number of aromatic nitrogens is 5. The Morgan fingerprint density at radius 3 is 2.74 bits per heavy atom. The summed E-state index contributed by atoms with van der Waals surface area (Å²) in [5.41, 5.74) is 8.47. The second kappa shape index (κ2) is 11.1. The van der Waals surface area contributed by atoms with Crippen molar-refractivity contribution >= 4 is 33.2 Å². The van der Waals surface area contributed by atoms with E-state index < -0.39 is 0 Å². The van der Waals surface area contributed by atoms with Crippen molar-refractivity contribution in [2.45, 2.75) is 26.7 Å². The number of aromatic amines is 2. The number of hydrogen-bond acceptors (Lipinski definition) is 6. The van der Waals surface area contributed by atoms with Crippen LogP contribution in [0.2, 0.25) is 0 Å². The lowest BCUT2D eigenvalue weighted by Gasteiger charge is -2.34. The Bertz CT molecular complexity index is 1530. The lowest BCUT2D eigenvalue weighted by molar-refractivity contribution is 0.313. The van der Waals surface area contributed by atoms with Crippen LogP contribution in [0.25, 0.3) is 39.0 Å². The summed E-state index contributed by atoms with van der Waals surface area (Å²) in [5.74, 6) is 0.742. The Morgan fingerprint density at radius 2 is 2.00 bits per heavy atom. The van der Waals surface area contributed by atoms with Gasteiger partial charge in [-0.2, -0.15) is 5.10 Å². The molecule has 0 unspecified atom stereocenters. The van der Waals surface area contributed by atoms with Crippen LogP contribution in [-0.4, -0.2) is 63.3 Å². The van der Waals surface area contributed by atoms with Crippen molar-refractivity contribution < 1.29 is 0 Å². The van der Waals surface area contributed by atoms with Crippen molar-refractivity contribution in [1.29, 1.82) is 0 Å². The minimum absolute atomic E-state index is 0.742. The van der Waals surface area contributed by atoms with Gasteiger partial charge in [-0.3, -0.25) is 10.1 Å². The van der Waals surface area contributed by atoms with Crippen LogP contribution in [0.5, 0.6) is 0 Å². The molecule has 0 bridgehead atoms. The molecular formula is C30H36N8. The quantitative estimate of drug-likeness (QED) is 0.254. The zero-order valence-electron chi connectivity index (χ0n) is 22.5. The number of nitrogens with zero attached hydrogens (tertiary/aromatic N) is 5. The lowest BCUT2D eigenvalue weighted by Crippen LogP contribution is -2.44. The summed E-state index contributed by atoms with van der Waals surface area (Å²) < 4.78 is 0. The number of likely N-dealkylation sites (N-methyl/N-ethyl adjacent to an activating group) is 1. The normalized spacial score (nSPS) is 15.4. The molecule has 0 atom stereocenters. The standard InChI is InChI=1S/C30H36N8/c1-6-10-20(4)32-22(8-3)17-21(7-2)25-18-23-26(19-31-25)35-36-28(23)30-33-24-11-9-12-27(29(24)34-30)38-15-13-37(5)14-16-38/h7-9,11-12,17-19,32H,3-4,6,10,13-16H2,1-2,5H3,(H,33,34)(H,35,36)/b21-7+,22-17+. The molecule has 1 aromatic carbocycles. The third-order valence-electron chi connectivity index (χ3n) is 7.02. The van der Waals surface area contributed by atoms with E-state index in [4.69, 9.17) is 9.97 Å². The second-order valence-corrected chi connectivity index (χ2v) is 9.76. The van der Waals surface area contributed by atoms with Crippen LogP contribution in [-0.2, 0) is 0 Å². The first-order valence-corrected chi connectivity index (χ1v) is 13.2. The summed E-state index contributed by atoms with van der Waals surface area (Å²) in [4.78, 5) is 18.0.